The smallest absolute Gasteiger partial charge is 0.279 e. The average Bonchev–Trinajstić information content (AvgIpc) is 2.60. The second kappa shape index (κ2) is 7.96. The Kier molecular flexibility index (Phi) is 5.73. The number of carbonyl (C=O) groups excluding carboxylic acids is 2. The van der Waals surface area contributed by atoms with Gasteiger partial charge in [0, 0.05) is 0 Å². The molecule has 2 aromatic carbocycles. The molecule has 0 heterocycles. The summed E-state index contributed by atoms with van der Waals surface area (Å²) >= 11 is 0. The van der Waals surface area contributed by atoms with E-state index in [1.54, 1.807) is 31.4 Å². The number of nitrogens with one attached hydrogen (secondary N) is 2. The molecule has 2 amide bonds. The first-order valence-electron chi connectivity index (χ1n) is 7.16. The molecule has 0 spiro atoms. The van der Waals surface area contributed by atoms with E-state index in [1.807, 2.05) is 0 Å². The average molecular weight is 332 g/mol. The van der Waals surface area contributed by atoms with Crippen LogP contribution in [0, 0.1) is 5.82 Å². The largest absolute Gasteiger partial charge is 0.497 e. The third-order valence-electron chi connectivity index (χ3n) is 3.16. The molecular formula is C17H17FN2O4. The van der Waals surface area contributed by atoms with E-state index in [0.29, 0.717) is 11.5 Å². The Morgan fingerprint density at radius 2 is 1.62 bits per heavy atom. The van der Waals surface area contributed by atoms with Crippen molar-refractivity contribution in [1.29, 1.82) is 0 Å². The molecule has 0 aliphatic carbocycles. The SMILES string of the molecule is COc1ccc(OC(C)C(=O)NNC(=O)c2ccccc2F)cc1. The lowest BCUT2D eigenvalue weighted by atomic mass is 10.2. The summed E-state index contributed by atoms with van der Waals surface area (Å²) < 4.78 is 23.9. The van der Waals surface area contributed by atoms with Gasteiger partial charge in [-0.15, -0.1) is 0 Å². The highest BCUT2D eigenvalue weighted by molar-refractivity contribution is 5.95. The van der Waals surface area contributed by atoms with Crippen molar-refractivity contribution in [2.24, 2.45) is 0 Å². The summed E-state index contributed by atoms with van der Waals surface area (Å²) in [4.78, 5) is 23.7. The van der Waals surface area contributed by atoms with Crippen molar-refractivity contribution >= 4 is 11.8 Å². The maximum absolute atomic E-state index is 13.5. The fourth-order valence-corrected chi connectivity index (χ4v) is 1.84. The van der Waals surface area contributed by atoms with Crippen molar-refractivity contribution < 1.29 is 23.5 Å². The quantitative estimate of drug-likeness (QED) is 0.822. The van der Waals surface area contributed by atoms with Gasteiger partial charge in [0.2, 0.25) is 0 Å². The van der Waals surface area contributed by atoms with Crippen LogP contribution in [0.1, 0.15) is 17.3 Å². The molecule has 6 nitrogen and oxygen atoms in total. The third kappa shape index (κ3) is 4.45. The highest BCUT2D eigenvalue weighted by atomic mass is 19.1. The summed E-state index contributed by atoms with van der Waals surface area (Å²) in [6.45, 7) is 1.52. The number of amides is 2. The molecule has 126 valence electrons. The van der Waals surface area contributed by atoms with Crippen LogP contribution in [-0.4, -0.2) is 25.0 Å². The van der Waals surface area contributed by atoms with Crippen LogP contribution >= 0.6 is 0 Å². The van der Waals surface area contributed by atoms with Crippen LogP contribution in [0.25, 0.3) is 0 Å². The van der Waals surface area contributed by atoms with E-state index in [-0.39, 0.29) is 5.56 Å². The number of hydrogen-bond acceptors (Lipinski definition) is 4. The summed E-state index contributed by atoms with van der Waals surface area (Å²) in [6.07, 6.45) is -0.862. The summed E-state index contributed by atoms with van der Waals surface area (Å²) in [5.41, 5.74) is 4.18. The number of ether oxygens (including phenoxy) is 2. The Balaban J connectivity index is 1.87. The first-order chi connectivity index (χ1) is 11.5. The second-order valence-electron chi connectivity index (χ2n) is 4.86. The lowest BCUT2D eigenvalue weighted by Gasteiger charge is -2.15. The molecule has 7 heteroatoms. The van der Waals surface area contributed by atoms with Gasteiger partial charge in [0.05, 0.1) is 12.7 Å². The molecule has 0 aliphatic heterocycles. The van der Waals surface area contributed by atoms with Gasteiger partial charge in [0.15, 0.2) is 6.10 Å². The van der Waals surface area contributed by atoms with Gasteiger partial charge in [-0.2, -0.15) is 0 Å². The van der Waals surface area contributed by atoms with E-state index >= 15 is 0 Å². The molecule has 0 radical (unpaired) electrons. The molecule has 0 saturated carbocycles. The number of rotatable bonds is 5. The normalized spacial score (nSPS) is 11.3. The minimum atomic E-state index is -0.862. The lowest BCUT2D eigenvalue weighted by molar-refractivity contribution is -0.128. The Morgan fingerprint density at radius 1 is 1.00 bits per heavy atom. The van der Waals surface area contributed by atoms with Crippen LogP contribution in [0.4, 0.5) is 4.39 Å². The molecule has 0 saturated heterocycles. The van der Waals surface area contributed by atoms with Gasteiger partial charge in [-0.25, -0.2) is 4.39 Å². The molecule has 2 N–H and O–H groups in total. The van der Waals surface area contributed by atoms with Crippen molar-refractivity contribution in [2.75, 3.05) is 7.11 Å². The van der Waals surface area contributed by atoms with Crippen molar-refractivity contribution in [1.82, 2.24) is 10.9 Å². The molecule has 1 atom stereocenters. The molecule has 0 fully saturated rings. The second-order valence-corrected chi connectivity index (χ2v) is 4.86. The Morgan fingerprint density at radius 3 is 2.25 bits per heavy atom. The molecule has 0 aromatic heterocycles. The molecule has 1 unspecified atom stereocenters. The van der Waals surface area contributed by atoms with Crippen LogP contribution in [0.2, 0.25) is 0 Å². The molecule has 24 heavy (non-hydrogen) atoms. The van der Waals surface area contributed by atoms with Crippen LogP contribution < -0.4 is 20.3 Å². The van der Waals surface area contributed by atoms with Gasteiger partial charge >= 0.3 is 0 Å². The number of methoxy groups -OCH3 is 1. The zero-order valence-corrected chi connectivity index (χ0v) is 13.2. The molecule has 2 rings (SSSR count). The maximum Gasteiger partial charge on any atom is 0.279 e. The number of halogens is 1. The minimum Gasteiger partial charge on any atom is -0.497 e. The van der Waals surface area contributed by atoms with Gasteiger partial charge in [-0.05, 0) is 43.3 Å². The maximum atomic E-state index is 13.5. The van der Waals surface area contributed by atoms with Gasteiger partial charge in [0.25, 0.3) is 11.8 Å². The summed E-state index contributed by atoms with van der Waals surface area (Å²) in [7, 11) is 1.55. The van der Waals surface area contributed by atoms with Crippen LogP contribution in [0.15, 0.2) is 48.5 Å². The first kappa shape index (κ1) is 17.3. The Labute approximate surface area is 138 Å². The summed E-state index contributed by atoms with van der Waals surface area (Å²) in [5, 5.41) is 0. The minimum absolute atomic E-state index is 0.165. The van der Waals surface area contributed by atoms with Crippen molar-refractivity contribution in [3.8, 4) is 11.5 Å². The third-order valence-corrected chi connectivity index (χ3v) is 3.16. The predicted octanol–water partition coefficient (Wildman–Crippen LogP) is 2.06. The number of carbonyl (C=O) groups is 2. The van der Waals surface area contributed by atoms with Crippen molar-refractivity contribution in [3.05, 3.63) is 59.9 Å². The van der Waals surface area contributed by atoms with Crippen molar-refractivity contribution in [2.45, 2.75) is 13.0 Å². The van der Waals surface area contributed by atoms with Crippen LogP contribution in [0.5, 0.6) is 11.5 Å². The number of hydrogen-bond donors (Lipinski definition) is 2. The monoisotopic (exact) mass is 332 g/mol. The summed E-state index contributed by atoms with van der Waals surface area (Å²) in [6, 6.07) is 12.2. The van der Waals surface area contributed by atoms with E-state index in [0.717, 1.165) is 6.07 Å². The van der Waals surface area contributed by atoms with E-state index < -0.39 is 23.7 Å². The fraction of sp³-hybridized carbons (Fsp3) is 0.176. The first-order valence-corrected chi connectivity index (χ1v) is 7.16. The fourth-order valence-electron chi connectivity index (χ4n) is 1.84. The predicted molar refractivity (Wildman–Crippen MR) is 85.1 cm³/mol. The van der Waals surface area contributed by atoms with E-state index in [2.05, 4.69) is 10.9 Å². The highest BCUT2D eigenvalue weighted by Gasteiger charge is 2.17. The van der Waals surface area contributed by atoms with Crippen molar-refractivity contribution in [3.63, 3.8) is 0 Å². The van der Waals surface area contributed by atoms with Gasteiger partial charge < -0.3 is 9.47 Å². The van der Waals surface area contributed by atoms with E-state index in [1.165, 1.54) is 25.1 Å². The standard InChI is InChI=1S/C17H17FN2O4/c1-11(24-13-9-7-12(23-2)8-10-13)16(21)19-20-17(22)14-5-3-4-6-15(14)18/h3-11H,1-2H3,(H,19,21)(H,20,22). The lowest BCUT2D eigenvalue weighted by Crippen LogP contribution is -2.47. The molecule has 0 aliphatic rings. The Hall–Kier alpha value is -3.09. The van der Waals surface area contributed by atoms with Crippen LogP contribution in [0.3, 0.4) is 0 Å². The molecule has 0 bridgehead atoms. The number of hydrazine groups is 1. The highest BCUT2D eigenvalue weighted by Crippen LogP contribution is 2.18. The van der Waals surface area contributed by atoms with Gasteiger partial charge in [0.1, 0.15) is 17.3 Å². The van der Waals surface area contributed by atoms with Gasteiger partial charge in [-0.3, -0.25) is 20.4 Å². The zero-order chi connectivity index (χ0) is 17.5. The molecule has 2 aromatic rings. The number of benzene rings is 2. The zero-order valence-electron chi connectivity index (χ0n) is 13.2. The molecular weight excluding hydrogens is 315 g/mol. The van der Waals surface area contributed by atoms with Gasteiger partial charge in [-0.1, -0.05) is 12.1 Å². The summed E-state index contributed by atoms with van der Waals surface area (Å²) in [5.74, 6) is -0.865. The topological polar surface area (TPSA) is 76.7 Å². The van der Waals surface area contributed by atoms with Crippen LogP contribution in [-0.2, 0) is 4.79 Å². The van der Waals surface area contributed by atoms with E-state index in [4.69, 9.17) is 9.47 Å². The Bertz CT molecular complexity index is 719. The van der Waals surface area contributed by atoms with E-state index in [9.17, 15) is 14.0 Å².